The van der Waals surface area contributed by atoms with E-state index in [-0.39, 0.29) is 12.4 Å². The Bertz CT molecular complexity index is 193. The quantitative estimate of drug-likeness (QED) is 0.633. The molecular weight excluding hydrogens is 166 g/mol. The number of aromatic nitrogens is 4. The van der Waals surface area contributed by atoms with Gasteiger partial charge in [0.15, 0.2) is 5.82 Å². The second kappa shape index (κ2) is 3.64. The lowest BCUT2D eigenvalue weighted by Crippen LogP contribution is -2.14. The van der Waals surface area contributed by atoms with Crippen LogP contribution in [0.1, 0.15) is 24.7 Å². The molecule has 1 aliphatic rings. The molecule has 0 radical (unpaired) electrons. The van der Waals surface area contributed by atoms with E-state index in [1.165, 1.54) is 6.42 Å². The fourth-order valence-electron chi connectivity index (χ4n) is 1.22. The zero-order valence-electron chi connectivity index (χ0n) is 5.95. The molecule has 1 atom stereocenters. The number of halogens is 1. The van der Waals surface area contributed by atoms with Crippen LogP contribution in [-0.4, -0.2) is 27.2 Å². The van der Waals surface area contributed by atoms with Gasteiger partial charge < -0.3 is 5.32 Å². The summed E-state index contributed by atoms with van der Waals surface area (Å²) < 4.78 is 0. The first-order chi connectivity index (χ1) is 4.97. The summed E-state index contributed by atoms with van der Waals surface area (Å²) in [4.78, 5) is 0. The van der Waals surface area contributed by atoms with Gasteiger partial charge >= 0.3 is 0 Å². The van der Waals surface area contributed by atoms with Gasteiger partial charge in [-0.3, -0.25) is 0 Å². The second-order valence-electron chi connectivity index (χ2n) is 2.42. The Hall–Kier alpha value is -0.680. The first-order valence-corrected chi connectivity index (χ1v) is 3.43. The van der Waals surface area contributed by atoms with Gasteiger partial charge in [-0.2, -0.15) is 5.21 Å². The monoisotopic (exact) mass is 175 g/mol. The van der Waals surface area contributed by atoms with Gasteiger partial charge in [0.25, 0.3) is 0 Å². The molecule has 2 rings (SSSR count). The predicted octanol–water partition coefficient (Wildman–Crippen LogP) is 0.0460. The average molecular weight is 176 g/mol. The van der Waals surface area contributed by atoms with Crippen molar-refractivity contribution in [2.45, 2.75) is 18.9 Å². The Kier molecular flexibility index (Phi) is 2.78. The summed E-state index contributed by atoms with van der Waals surface area (Å²) in [6.45, 7) is 1.07. The van der Waals surface area contributed by atoms with Crippen LogP contribution in [0.3, 0.4) is 0 Å². The summed E-state index contributed by atoms with van der Waals surface area (Å²) in [5.74, 6) is 0.789. The molecule has 11 heavy (non-hydrogen) atoms. The molecular formula is C5H10ClN5. The molecule has 62 valence electrons. The van der Waals surface area contributed by atoms with Crippen LogP contribution >= 0.6 is 12.4 Å². The molecule has 0 saturated carbocycles. The van der Waals surface area contributed by atoms with Crippen molar-refractivity contribution in [2.75, 3.05) is 6.54 Å². The van der Waals surface area contributed by atoms with Gasteiger partial charge in [-0.15, -0.1) is 22.6 Å². The third-order valence-electron chi connectivity index (χ3n) is 1.73. The Morgan fingerprint density at radius 1 is 1.45 bits per heavy atom. The van der Waals surface area contributed by atoms with Crippen molar-refractivity contribution in [2.24, 2.45) is 0 Å². The van der Waals surface area contributed by atoms with E-state index in [4.69, 9.17) is 0 Å². The molecule has 2 N–H and O–H groups in total. The van der Waals surface area contributed by atoms with Crippen LogP contribution in [0.25, 0.3) is 0 Å². The third-order valence-corrected chi connectivity index (χ3v) is 1.73. The SMILES string of the molecule is C1CN[C@@H](c2nn[nH]n2)C1.Cl. The van der Waals surface area contributed by atoms with Crippen LogP contribution in [0.5, 0.6) is 0 Å². The molecule has 1 aromatic rings. The maximum Gasteiger partial charge on any atom is 0.191 e. The summed E-state index contributed by atoms with van der Waals surface area (Å²) >= 11 is 0. The van der Waals surface area contributed by atoms with Gasteiger partial charge in [0.05, 0.1) is 6.04 Å². The van der Waals surface area contributed by atoms with Gasteiger partial charge in [-0.25, -0.2) is 0 Å². The van der Waals surface area contributed by atoms with Crippen LogP contribution in [0.4, 0.5) is 0 Å². The van der Waals surface area contributed by atoms with Crippen molar-refractivity contribution in [3.63, 3.8) is 0 Å². The molecule has 1 saturated heterocycles. The molecule has 0 aromatic carbocycles. The van der Waals surface area contributed by atoms with E-state index in [9.17, 15) is 0 Å². The number of nitrogens with zero attached hydrogens (tertiary/aromatic N) is 3. The van der Waals surface area contributed by atoms with E-state index in [1.807, 2.05) is 0 Å². The highest BCUT2D eigenvalue weighted by molar-refractivity contribution is 5.85. The minimum atomic E-state index is 0. The summed E-state index contributed by atoms with van der Waals surface area (Å²) in [6, 6.07) is 0.332. The van der Waals surface area contributed by atoms with E-state index >= 15 is 0 Å². The largest absolute Gasteiger partial charge is 0.307 e. The Labute approximate surface area is 70.4 Å². The molecule has 0 bridgehead atoms. The van der Waals surface area contributed by atoms with Crippen molar-refractivity contribution in [1.29, 1.82) is 0 Å². The molecule has 1 aromatic heterocycles. The second-order valence-corrected chi connectivity index (χ2v) is 2.42. The lowest BCUT2D eigenvalue weighted by molar-refractivity contribution is 0.606. The summed E-state index contributed by atoms with van der Waals surface area (Å²) in [5.41, 5.74) is 0. The van der Waals surface area contributed by atoms with Gasteiger partial charge in [0.2, 0.25) is 0 Å². The van der Waals surface area contributed by atoms with Crippen molar-refractivity contribution in [3.8, 4) is 0 Å². The maximum absolute atomic E-state index is 3.89. The van der Waals surface area contributed by atoms with Crippen LogP contribution < -0.4 is 5.32 Å². The highest BCUT2D eigenvalue weighted by Crippen LogP contribution is 2.17. The molecule has 2 heterocycles. The summed E-state index contributed by atoms with van der Waals surface area (Å²) in [6.07, 6.45) is 2.33. The molecule has 0 spiro atoms. The lowest BCUT2D eigenvalue weighted by Gasteiger charge is -2.00. The Balaban J connectivity index is 0.000000605. The number of aromatic amines is 1. The normalized spacial score (nSPS) is 23.1. The van der Waals surface area contributed by atoms with Crippen molar-refractivity contribution < 1.29 is 0 Å². The summed E-state index contributed by atoms with van der Waals surface area (Å²) in [7, 11) is 0. The van der Waals surface area contributed by atoms with Crippen LogP contribution in [0.15, 0.2) is 0 Å². The number of H-pyrrole nitrogens is 1. The summed E-state index contributed by atoms with van der Waals surface area (Å²) in [5, 5.41) is 17.0. The van der Waals surface area contributed by atoms with Gasteiger partial charge in [0, 0.05) is 0 Å². The lowest BCUT2D eigenvalue weighted by atomic mass is 10.2. The van der Waals surface area contributed by atoms with E-state index in [2.05, 4.69) is 25.9 Å². The van der Waals surface area contributed by atoms with Crippen molar-refractivity contribution >= 4 is 12.4 Å². The number of tetrazole rings is 1. The maximum atomic E-state index is 3.89. The smallest absolute Gasteiger partial charge is 0.191 e. The molecule has 0 unspecified atom stereocenters. The standard InChI is InChI=1S/C5H9N5.ClH/c1-2-4(6-3-1)5-7-9-10-8-5;/h4,6H,1-3H2,(H,7,8,9,10);1H/t4-;/m1./s1. The van der Waals surface area contributed by atoms with E-state index < -0.39 is 0 Å². The van der Waals surface area contributed by atoms with Gasteiger partial charge in [0.1, 0.15) is 0 Å². The molecule has 0 aliphatic carbocycles. The number of hydrogen-bond acceptors (Lipinski definition) is 4. The zero-order chi connectivity index (χ0) is 6.81. The third kappa shape index (κ3) is 1.66. The highest BCUT2D eigenvalue weighted by atomic mass is 35.5. The molecule has 1 fully saturated rings. The van der Waals surface area contributed by atoms with E-state index in [1.54, 1.807) is 0 Å². The molecule has 0 amide bonds. The van der Waals surface area contributed by atoms with E-state index in [0.717, 1.165) is 18.8 Å². The number of rotatable bonds is 1. The molecule has 5 nitrogen and oxygen atoms in total. The van der Waals surface area contributed by atoms with Crippen LogP contribution in [-0.2, 0) is 0 Å². The van der Waals surface area contributed by atoms with Crippen LogP contribution in [0.2, 0.25) is 0 Å². The van der Waals surface area contributed by atoms with Gasteiger partial charge in [-0.1, -0.05) is 5.21 Å². The minimum Gasteiger partial charge on any atom is -0.307 e. The predicted molar refractivity (Wildman–Crippen MR) is 41.4 cm³/mol. The molecule has 6 heteroatoms. The topological polar surface area (TPSA) is 66.5 Å². The highest BCUT2D eigenvalue weighted by Gasteiger charge is 2.19. The number of nitrogens with one attached hydrogen (secondary N) is 2. The van der Waals surface area contributed by atoms with Crippen molar-refractivity contribution in [3.05, 3.63) is 5.82 Å². The average Bonchev–Trinajstić information content (AvgIpc) is 2.59. The van der Waals surface area contributed by atoms with Crippen LogP contribution in [0, 0.1) is 0 Å². The fraction of sp³-hybridized carbons (Fsp3) is 0.800. The zero-order valence-corrected chi connectivity index (χ0v) is 6.77. The Morgan fingerprint density at radius 2 is 2.36 bits per heavy atom. The van der Waals surface area contributed by atoms with Gasteiger partial charge in [-0.05, 0) is 19.4 Å². The van der Waals surface area contributed by atoms with E-state index in [0.29, 0.717) is 6.04 Å². The Morgan fingerprint density at radius 3 is 2.91 bits per heavy atom. The fourth-order valence-corrected chi connectivity index (χ4v) is 1.22. The first-order valence-electron chi connectivity index (χ1n) is 3.43. The van der Waals surface area contributed by atoms with Crippen molar-refractivity contribution in [1.82, 2.24) is 25.9 Å². The minimum absolute atomic E-state index is 0. The number of hydrogen-bond donors (Lipinski definition) is 2. The molecule has 1 aliphatic heterocycles. The first kappa shape index (κ1) is 8.42.